The van der Waals surface area contributed by atoms with Gasteiger partial charge in [-0.2, -0.15) is 8.78 Å². The Kier molecular flexibility index (Phi) is 8.46. The van der Waals surface area contributed by atoms with Crippen molar-refractivity contribution in [3.63, 3.8) is 0 Å². The molecule has 20 heteroatoms. The zero-order valence-electron chi connectivity index (χ0n) is 27.2. The normalized spacial score (nSPS) is 13.4. The van der Waals surface area contributed by atoms with E-state index in [1.54, 1.807) is 12.1 Å². The summed E-state index contributed by atoms with van der Waals surface area (Å²) in [6, 6.07) is 3.35. The molecule has 7 rings (SSSR count). The molecule has 3 aromatic carbocycles. The van der Waals surface area contributed by atoms with Crippen LogP contribution < -0.4 is 15.2 Å². The Labute approximate surface area is 304 Å². The van der Waals surface area contributed by atoms with E-state index in [0.29, 0.717) is 6.20 Å². The molecular formula is C36H9F11N8O. The van der Waals surface area contributed by atoms with Crippen LogP contribution in [0.25, 0.3) is 66.1 Å². The summed E-state index contributed by atoms with van der Waals surface area (Å²) in [5.74, 6) is -19.4. The van der Waals surface area contributed by atoms with Gasteiger partial charge in [-0.05, 0) is 18.1 Å². The summed E-state index contributed by atoms with van der Waals surface area (Å²) in [7, 11) is 0. The molecule has 2 aromatic heterocycles. The van der Waals surface area contributed by atoms with Crippen LogP contribution in [0.15, 0.2) is 12.4 Å². The minimum absolute atomic E-state index is 0.0374. The van der Waals surface area contributed by atoms with Gasteiger partial charge < -0.3 is 4.74 Å². The van der Waals surface area contributed by atoms with Crippen LogP contribution in [-0.4, -0.2) is 26.3 Å². The molecule has 0 unspecified atom stereocenters. The maximum Gasteiger partial charge on any atom is 0.573 e. The molecule has 2 aliphatic carbocycles. The van der Waals surface area contributed by atoms with Gasteiger partial charge in [-0.15, -0.1) is 13.2 Å². The van der Waals surface area contributed by atoms with Crippen LogP contribution in [0.5, 0.6) is 5.75 Å². The topological polar surface area (TPSA) is 117 Å². The van der Waals surface area contributed by atoms with Gasteiger partial charge >= 0.3 is 6.36 Å². The van der Waals surface area contributed by atoms with E-state index in [1.165, 1.54) is 0 Å². The molecule has 0 fully saturated rings. The van der Waals surface area contributed by atoms with Gasteiger partial charge in [0.15, 0.2) is 34.9 Å². The molecule has 0 amide bonds. The third-order valence-corrected chi connectivity index (χ3v) is 8.91. The Balaban J connectivity index is 1.57. The molecule has 2 heterocycles. The van der Waals surface area contributed by atoms with Crippen LogP contribution in [0.4, 0.5) is 48.3 Å². The van der Waals surface area contributed by atoms with Crippen LogP contribution in [0.3, 0.4) is 0 Å². The van der Waals surface area contributed by atoms with E-state index in [4.69, 9.17) is 13.1 Å². The van der Waals surface area contributed by atoms with Gasteiger partial charge in [0.05, 0.1) is 83.0 Å². The number of hydrogen-bond donors (Lipinski definition) is 0. The molecule has 0 bridgehead atoms. The minimum atomic E-state index is -5.76. The van der Waals surface area contributed by atoms with Crippen molar-refractivity contribution in [2.24, 2.45) is 0 Å². The van der Waals surface area contributed by atoms with Crippen LogP contribution in [0.2, 0.25) is 0 Å². The summed E-state index contributed by atoms with van der Waals surface area (Å²) in [4.78, 5) is 23.0. The molecule has 56 heavy (non-hydrogen) atoms. The van der Waals surface area contributed by atoms with Gasteiger partial charge in [0.25, 0.3) is 11.4 Å². The van der Waals surface area contributed by atoms with Gasteiger partial charge in [0, 0.05) is 40.0 Å². The van der Waals surface area contributed by atoms with E-state index < -0.39 is 110 Å². The van der Waals surface area contributed by atoms with Crippen molar-refractivity contribution in [1.29, 1.82) is 10.5 Å². The Morgan fingerprint density at radius 2 is 1.02 bits per heavy atom. The van der Waals surface area contributed by atoms with E-state index in [0.717, 1.165) is 13.1 Å². The highest BCUT2D eigenvalue weighted by Crippen LogP contribution is 2.42. The van der Waals surface area contributed by atoms with E-state index in [2.05, 4.69) is 34.4 Å². The fraction of sp³-hybridized carbons (Fsp3) is 0.111. The zero-order valence-corrected chi connectivity index (χ0v) is 27.2. The second-order valence-corrected chi connectivity index (χ2v) is 11.8. The Hall–Kier alpha value is -7.45. The van der Waals surface area contributed by atoms with E-state index in [-0.39, 0.29) is 56.2 Å². The maximum atomic E-state index is 15.2. The van der Waals surface area contributed by atoms with Crippen molar-refractivity contribution in [3.05, 3.63) is 120 Å². The molecule has 0 radical (unpaired) electrons. The molecule has 0 atom stereocenters. The maximum absolute atomic E-state index is 15.2. The van der Waals surface area contributed by atoms with Gasteiger partial charge in [0.1, 0.15) is 0 Å². The standard InChI is InChI=1S/C36H9F11N8O/c1-10-25(37)27(39)23(28(40)26(10)38)17-8-52-13-4-11-20(16(7-49)51-3)22-12(19(15(6-48)50-2)21(11)33(13)54-17)5-14-34(22)55-18(9-53-14)24-29(41)31(43)35(32(44)30(24)42)56-36(45,46)47/h8-9H,4-5H2,1H3/b19-15-,20-16+. The number of alkyl halides is 3. The lowest BCUT2D eigenvalue weighted by molar-refractivity contribution is -0.276. The fourth-order valence-electron chi connectivity index (χ4n) is 6.60. The number of fused-ring (bicyclic) bond motifs is 6. The first-order chi connectivity index (χ1) is 26.5. The highest BCUT2D eigenvalue weighted by Gasteiger charge is 2.39. The van der Waals surface area contributed by atoms with Gasteiger partial charge in [0.2, 0.25) is 17.4 Å². The lowest BCUT2D eigenvalue weighted by Gasteiger charge is -2.15. The van der Waals surface area contributed by atoms with Gasteiger partial charge in [-0.3, -0.25) is 9.97 Å². The highest BCUT2D eigenvalue weighted by molar-refractivity contribution is 5.91. The Morgan fingerprint density at radius 1 is 0.643 bits per heavy atom. The lowest BCUT2D eigenvalue weighted by atomic mass is 9.92. The summed E-state index contributed by atoms with van der Waals surface area (Å²) in [5, 5.41) is 19.6. The number of aromatic nitrogens is 4. The molecule has 0 aliphatic heterocycles. The second-order valence-electron chi connectivity index (χ2n) is 11.8. The molecule has 5 aromatic rings. The van der Waals surface area contributed by atoms with Crippen LogP contribution in [-0.2, 0) is 12.8 Å². The second kappa shape index (κ2) is 12.8. The lowest BCUT2D eigenvalue weighted by Crippen LogP contribution is -2.26. The quantitative estimate of drug-likeness (QED) is 0.106. The first kappa shape index (κ1) is 36.9. The average Bonchev–Trinajstić information content (AvgIpc) is 3.73. The van der Waals surface area contributed by atoms with E-state index in [1.807, 2.05) is 0 Å². The predicted octanol–water partition coefficient (Wildman–Crippen LogP) is 7.16. The monoisotopic (exact) mass is 778 g/mol. The SMILES string of the molecule is [C-]#[N+]/C(C#N)=c1/c2c(/c(=C(\C#N)[N+]#[C-])c3c1-c1nc(-c4c(F)c(F)c(C)c(F)c4F)cnc1C3)-c1nc(-c3c(F)c(F)c(OC(F)(F)F)c(F)c3F)cnc1C2. The average molecular weight is 779 g/mol. The number of hydrogen-bond acceptors (Lipinski definition) is 7. The fourth-order valence-corrected chi connectivity index (χ4v) is 6.60. The largest absolute Gasteiger partial charge is 0.573 e. The molecule has 0 saturated heterocycles. The Morgan fingerprint density at radius 3 is 1.36 bits per heavy atom. The summed E-state index contributed by atoms with van der Waals surface area (Å²) >= 11 is 0. The number of benzene rings is 3. The highest BCUT2D eigenvalue weighted by atomic mass is 19.4. The van der Waals surface area contributed by atoms with Crippen LogP contribution in [0, 0.1) is 89.3 Å². The summed E-state index contributed by atoms with van der Waals surface area (Å²) in [6.07, 6.45) is -5.18. The first-order valence-corrected chi connectivity index (χ1v) is 15.2. The molecule has 9 nitrogen and oxygen atoms in total. The smallest absolute Gasteiger partial charge is 0.399 e. The van der Waals surface area contributed by atoms with Crippen molar-refractivity contribution in [2.75, 3.05) is 0 Å². The van der Waals surface area contributed by atoms with E-state index >= 15 is 17.6 Å². The van der Waals surface area contributed by atoms with Gasteiger partial charge in [-0.25, -0.2) is 56.5 Å². The van der Waals surface area contributed by atoms with Crippen molar-refractivity contribution < 1.29 is 53.0 Å². The molecule has 0 N–H and O–H groups in total. The molecular weight excluding hydrogens is 769 g/mol. The number of nitriles is 2. The zero-order chi connectivity index (χ0) is 40.7. The summed E-state index contributed by atoms with van der Waals surface area (Å²) < 4.78 is 161. The number of ether oxygens (including phenoxy) is 1. The van der Waals surface area contributed by atoms with Crippen LogP contribution in [0.1, 0.15) is 28.1 Å². The van der Waals surface area contributed by atoms with Crippen molar-refractivity contribution >= 4 is 11.4 Å². The molecule has 0 saturated carbocycles. The van der Waals surface area contributed by atoms with Crippen LogP contribution >= 0.6 is 0 Å². The van der Waals surface area contributed by atoms with Crippen molar-refractivity contribution in [1.82, 2.24) is 19.9 Å². The summed E-state index contributed by atoms with van der Waals surface area (Å²) in [6.45, 7) is 16.3. The molecule has 2 aliphatic rings. The Bertz CT molecular complexity index is 2900. The third kappa shape index (κ3) is 5.26. The van der Waals surface area contributed by atoms with Crippen molar-refractivity contribution in [2.45, 2.75) is 26.1 Å². The first-order valence-electron chi connectivity index (χ1n) is 15.2. The third-order valence-electron chi connectivity index (χ3n) is 8.91. The summed E-state index contributed by atoms with van der Waals surface area (Å²) in [5.41, 5.74) is -8.36. The number of halogens is 11. The van der Waals surface area contributed by atoms with Crippen molar-refractivity contribution in [3.8, 4) is 62.9 Å². The van der Waals surface area contributed by atoms with E-state index in [9.17, 15) is 41.3 Å². The molecule has 0 spiro atoms. The molecule has 276 valence electrons. The minimum Gasteiger partial charge on any atom is -0.399 e. The number of rotatable bonds is 3. The number of nitrogens with zero attached hydrogens (tertiary/aromatic N) is 8. The predicted molar refractivity (Wildman–Crippen MR) is 167 cm³/mol. The van der Waals surface area contributed by atoms with Gasteiger partial charge in [-0.1, -0.05) is 0 Å².